The molecule has 1 saturated carbocycles. The summed E-state index contributed by atoms with van der Waals surface area (Å²) in [5, 5.41) is 0. The number of hydrogen-bond donors (Lipinski definition) is 0. The van der Waals surface area contributed by atoms with Crippen LogP contribution in [0.15, 0.2) is 0 Å². The normalized spacial score (nSPS) is 31.3. The van der Waals surface area contributed by atoms with Gasteiger partial charge in [0, 0.05) is 31.3 Å². The van der Waals surface area contributed by atoms with Crippen molar-refractivity contribution >= 4 is 11.7 Å². The molecule has 3 atom stereocenters. The standard InChI is InChI=1S/C15H22F3NO2/c1-2-10-9-19(7-6-13(10)20)14(21)11-4-3-5-12(8-11)15(16,17)18/h10-12H,2-9H2,1H3. The number of alkyl halides is 3. The summed E-state index contributed by atoms with van der Waals surface area (Å²) in [6.45, 7) is 2.64. The summed E-state index contributed by atoms with van der Waals surface area (Å²) in [5.41, 5.74) is 0. The average Bonchev–Trinajstić information content (AvgIpc) is 2.46. The fourth-order valence-electron chi connectivity index (χ4n) is 3.43. The lowest BCUT2D eigenvalue weighted by molar-refractivity contribution is -0.187. The van der Waals surface area contributed by atoms with Crippen molar-refractivity contribution in [3.05, 3.63) is 0 Å². The fourth-order valence-corrected chi connectivity index (χ4v) is 3.43. The Kier molecular flexibility index (Phi) is 4.94. The highest BCUT2D eigenvalue weighted by Gasteiger charge is 2.44. The van der Waals surface area contributed by atoms with Gasteiger partial charge in [0.2, 0.25) is 5.91 Å². The van der Waals surface area contributed by atoms with E-state index in [9.17, 15) is 22.8 Å². The summed E-state index contributed by atoms with van der Waals surface area (Å²) in [6, 6.07) is 0. The Hall–Kier alpha value is -1.07. The zero-order valence-corrected chi connectivity index (χ0v) is 12.3. The van der Waals surface area contributed by atoms with Crippen LogP contribution in [0.3, 0.4) is 0 Å². The van der Waals surface area contributed by atoms with Crippen LogP contribution in [0.5, 0.6) is 0 Å². The predicted octanol–water partition coefficient (Wildman–Crippen LogP) is 3.18. The molecule has 1 aliphatic carbocycles. The maximum absolute atomic E-state index is 12.8. The van der Waals surface area contributed by atoms with Gasteiger partial charge in [-0.05, 0) is 25.7 Å². The summed E-state index contributed by atoms with van der Waals surface area (Å²) >= 11 is 0. The van der Waals surface area contributed by atoms with Crippen LogP contribution in [0.2, 0.25) is 0 Å². The Morgan fingerprint density at radius 3 is 2.67 bits per heavy atom. The Balaban J connectivity index is 1.98. The maximum Gasteiger partial charge on any atom is 0.391 e. The van der Waals surface area contributed by atoms with E-state index < -0.39 is 18.0 Å². The summed E-state index contributed by atoms with van der Waals surface area (Å²) in [7, 11) is 0. The molecule has 0 aromatic heterocycles. The highest BCUT2D eigenvalue weighted by atomic mass is 19.4. The quantitative estimate of drug-likeness (QED) is 0.786. The van der Waals surface area contributed by atoms with Crippen molar-refractivity contribution in [2.24, 2.45) is 17.8 Å². The van der Waals surface area contributed by atoms with E-state index in [0.717, 1.165) is 0 Å². The summed E-state index contributed by atoms with van der Waals surface area (Å²) < 4.78 is 38.5. The maximum atomic E-state index is 12.8. The third-order valence-corrected chi connectivity index (χ3v) is 4.82. The van der Waals surface area contributed by atoms with Gasteiger partial charge in [-0.1, -0.05) is 13.3 Å². The van der Waals surface area contributed by atoms with Crippen LogP contribution in [0, 0.1) is 17.8 Å². The Morgan fingerprint density at radius 1 is 1.33 bits per heavy atom. The number of ketones is 1. The number of rotatable bonds is 2. The molecule has 1 saturated heterocycles. The van der Waals surface area contributed by atoms with Gasteiger partial charge in [-0.2, -0.15) is 13.2 Å². The van der Waals surface area contributed by atoms with Crippen molar-refractivity contribution < 1.29 is 22.8 Å². The number of halogens is 3. The Morgan fingerprint density at radius 2 is 2.05 bits per heavy atom. The Labute approximate surface area is 122 Å². The molecular formula is C15H22F3NO2. The molecule has 0 aromatic carbocycles. The SMILES string of the molecule is CCC1CN(C(=O)C2CCCC(C(F)(F)F)C2)CCC1=O. The molecule has 0 aromatic rings. The van der Waals surface area contributed by atoms with Crippen LogP contribution >= 0.6 is 0 Å². The zero-order valence-electron chi connectivity index (χ0n) is 12.3. The first-order valence-corrected chi connectivity index (χ1v) is 7.71. The first-order valence-electron chi connectivity index (χ1n) is 7.71. The highest BCUT2D eigenvalue weighted by Crippen LogP contribution is 2.40. The molecule has 2 rings (SSSR count). The molecule has 0 N–H and O–H groups in total. The van der Waals surface area contributed by atoms with Gasteiger partial charge >= 0.3 is 6.18 Å². The van der Waals surface area contributed by atoms with Crippen molar-refractivity contribution in [2.45, 2.75) is 51.6 Å². The largest absolute Gasteiger partial charge is 0.391 e. The minimum Gasteiger partial charge on any atom is -0.341 e. The zero-order chi connectivity index (χ0) is 15.6. The number of carbonyl (C=O) groups excluding carboxylic acids is 2. The van der Waals surface area contributed by atoms with Crippen LogP contribution in [0.1, 0.15) is 45.4 Å². The van der Waals surface area contributed by atoms with E-state index in [2.05, 4.69) is 0 Å². The van der Waals surface area contributed by atoms with E-state index in [1.54, 1.807) is 4.90 Å². The third-order valence-electron chi connectivity index (χ3n) is 4.82. The monoisotopic (exact) mass is 305 g/mol. The van der Waals surface area contributed by atoms with E-state index in [-0.39, 0.29) is 30.4 Å². The number of piperidine rings is 1. The molecule has 3 unspecified atom stereocenters. The van der Waals surface area contributed by atoms with Crippen LogP contribution in [0.4, 0.5) is 13.2 Å². The van der Waals surface area contributed by atoms with Gasteiger partial charge in [0.05, 0.1) is 5.92 Å². The second-order valence-electron chi connectivity index (χ2n) is 6.21. The third kappa shape index (κ3) is 3.77. The summed E-state index contributed by atoms with van der Waals surface area (Å²) in [6.07, 6.45) is -2.18. The number of likely N-dealkylation sites (tertiary alicyclic amines) is 1. The fraction of sp³-hybridized carbons (Fsp3) is 0.867. The molecular weight excluding hydrogens is 283 g/mol. The lowest BCUT2D eigenvalue weighted by Crippen LogP contribution is -2.47. The van der Waals surface area contributed by atoms with Crippen LogP contribution in [-0.2, 0) is 9.59 Å². The molecule has 21 heavy (non-hydrogen) atoms. The lowest BCUT2D eigenvalue weighted by atomic mass is 9.80. The molecule has 2 fully saturated rings. The predicted molar refractivity (Wildman–Crippen MR) is 71.5 cm³/mol. The molecule has 120 valence electrons. The van der Waals surface area contributed by atoms with Gasteiger partial charge in [0.1, 0.15) is 5.78 Å². The second kappa shape index (κ2) is 6.36. The van der Waals surface area contributed by atoms with Crippen LogP contribution in [0.25, 0.3) is 0 Å². The Bertz CT molecular complexity index is 408. The first-order chi connectivity index (χ1) is 9.82. The summed E-state index contributed by atoms with van der Waals surface area (Å²) in [5.74, 6) is -2.05. The number of amides is 1. The molecule has 1 amide bonds. The number of nitrogens with zero attached hydrogens (tertiary/aromatic N) is 1. The molecule has 0 spiro atoms. The number of Topliss-reactive ketones (excluding diaryl/α,β-unsaturated/α-hetero) is 1. The second-order valence-corrected chi connectivity index (χ2v) is 6.21. The van der Waals surface area contributed by atoms with Crippen molar-refractivity contribution in [3.63, 3.8) is 0 Å². The van der Waals surface area contributed by atoms with Crippen molar-refractivity contribution in [1.29, 1.82) is 0 Å². The van der Waals surface area contributed by atoms with E-state index >= 15 is 0 Å². The van der Waals surface area contributed by atoms with Crippen LogP contribution < -0.4 is 0 Å². The number of carbonyl (C=O) groups is 2. The van der Waals surface area contributed by atoms with Gasteiger partial charge < -0.3 is 4.90 Å². The van der Waals surface area contributed by atoms with Gasteiger partial charge in [-0.3, -0.25) is 9.59 Å². The van der Waals surface area contributed by atoms with Crippen LogP contribution in [-0.4, -0.2) is 35.9 Å². The molecule has 6 heteroatoms. The summed E-state index contributed by atoms with van der Waals surface area (Å²) in [4.78, 5) is 25.7. The first kappa shape index (κ1) is 16.3. The van der Waals surface area contributed by atoms with Crippen molar-refractivity contribution in [2.75, 3.05) is 13.1 Å². The van der Waals surface area contributed by atoms with Gasteiger partial charge in [-0.25, -0.2) is 0 Å². The molecule has 0 bridgehead atoms. The van der Waals surface area contributed by atoms with Gasteiger partial charge in [0.25, 0.3) is 0 Å². The van der Waals surface area contributed by atoms with E-state index in [1.165, 1.54) is 0 Å². The van der Waals surface area contributed by atoms with Gasteiger partial charge in [-0.15, -0.1) is 0 Å². The smallest absolute Gasteiger partial charge is 0.341 e. The lowest BCUT2D eigenvalue weighted by Gasteiger charge is -2.36. The molecule has 0 radical (unpaired) electrons. The van der Waals surface area contributed by atoms with Crippen molar-refractivity contribution in [1.82, 2.24) is 4.90 Å². The highest BCUT2D eigenvalue weighted by molar-refractivity contribution is 5.86. The average molecular weight is 305 g/mol. The van der Waals surface area contributed by atoms with E-state index in [1.807, 2.05) is 6.92 Å². The van der Waals surface area contributed by atoms with E-state index in [0.29, 0.717) is 38.8 Å². The molecule has 3 nitrogen and oxygen atoms in total. The number of hydrogen-bond acceptors (Lipinski definition) is 2. The molecule has 1 heterocycles. The van der Waals surface area contributed by atoms with Crippen molar-refractivity contribution in [3.8, 4) is 0 Å². The van der Waals surface area contributed by atoms with E-state index in [4.69, 9.17) is 0 Å². The minimum absolute atomic E-state index is 0.0937. The molecule has 2 aliphatic rings. The van der Waals surface area contributed by atoms with Gasteiger partial charge in [0.15, 0.2) is 0 Å². The minimum atomic E-state index is -4.21. The molecule has 1 aliphatic heterocycles. The topological polar surface area (TPSA) is 37.4 Å².